The number of nitrogens with zero attached hydrogens (tertiary/aromatic N) is 4. The maximum atomic E-state index is 12.5. The Labute approximate surface area is 180 Å². The van der Waals surface area contributed by atoms with Gasteiger partial charge in [0.15, 0.2) is 5.65 Å². The van der Waals surface area contributed by atoms with Crippen molar-refractivity contribution >= 4 is 16.9 Å². The van der Waals surface area contributed by atoms with E-state index in [1.54, 1.807) is 6.20 Å². The van der Waals surface area contributed by atoms with E-state index in [2.05, 4.69) is 31.6 Å². The molecule has 2 aromatic heterocycles. The molecule has 1 aromatic carbocycles. The second-order valence-electron chi connectivity index (χ2n) is 7.34. The highest BCUT2D eigenvalue weighted by Gasteiger charge is 2.31. The van der Waals surface area contributed by atoms with E-state index in [-0.39, 0.29) is 24.3 Å². The summed E-state index contributed by atoms with van der Waals surface area (Å²) in [7, 11) is 0. The van der Waals surface area contributed by atoms with Crippen molar-refractivity contribution in [3.05, 3.63) is 60.4 Å². The number of carbonyl (C=O) groups excluding carboxylic acids is 1. The Morgan fingerprint density at radius 2 is 2.00 bits per heavy atom. The third-order valence-corrected chi connectivity index (χ3v) is 4.99. The molecule has 0 unspecified atom stereocenters. The van der Waals surface area contributed by atoms with Crippen LogP contribution in [0.4, 0.5) is 13.2 Å². The van der Waals surface area contributed by atoms with Crippen molar-refractivity contribution in [3.8, 4) is 11.4 Å². The lowest BCUT2D eigenvalue weighted by molar-refractivity contribution is -0.274. The van der Waals surface area contributed by atoms with Crippen LogP contribution in [0.3, 0.4) is 0 Å². The standard InChI is InChI=1S/C21H20F3N5O3/c1-2-18(31)26-9-17-19-13(10-28-11-15(30)12-28)7-8-25-20(19)29(27-17)14-3-5-16(6-4-14)32-21(22,23)24/h2-8,15,30H,1,9-12H2,(H,26,31). The number of halogens is 3. The fourth-order valence-corrected chi connectivity index (χ4v) is 3.56. The van der Waals surface area contributed by atoms with Gasteiger partial charge in [-0.2, -0.15) is 5.10 Å². The first kappa shape index (κ1) is 21.8. The van der Waals surface area contributed by atoms with Crippen molar-refractivity contribution in [3.63, 3.8) is 0 Å². The molecule has 1 amide bonds. The zero-order chi connectivity index (χ0) is 22.9. The number of β-amino-alcohol motifs (C(OH)–C–C–N with tert-alkyl or cyclic N) is 1. The van der Waals surface area contributed by atoms with Gasteiger partial charge in [0.2, 0.25) is 5.91 Å². The molecule has 0 saturated carbocycles. The summed E-state index contributed by atoms with van der Waals surface area (Å²) in [6, 6.07) is 7.12. The van der Waals surface area contributed by atoms with Crippen molar-refractivity contribution in [1.29, 1.82) is 0 Å². The highest BCUT2D eigenvalue weighted by molar-refractivity contribution is 5.88. The van der Waals surface area contributed by atoms with E-state index in [9.17, 15) is 23.1 Å². The Morgan fingerprint density at radius 3 is 2.62 bits per heavy atom. The first-order valence-corrected chi connectivity index (χ1v) is 9.76. The van der Waals surface area contributed by atoms with Crippen LogP contribution in [-0.2, 0) is 17.9 Å². The Kier molecular flexibility index (Phi) is 5.85. The lowest BCUT2D eigenvalue weighted by Gasteiger charge is -2.35. The van der Waals surface area contributed by atoms with Gasteiger partial charge in [0.05, 0.1) is 24.0 Å². The van der Waals surface area contributed by atoms with E-state index < -0.39 is 6.36 Å². The van der Waals surface area contributed by atoms with Crippen LogP contribution in [0.25, 0.3) is 16.7 Å². The lowest BCUT2D eigenvalue weighted by atomic mass is 10.1. The number of ether oxygens (including phenoxy) is 1. The van der Waals surface area contributed by atoms with Crippen LogP contribution in [0.2, 0.25) is 0 Å². The van der Waals surface area contributed by atoms with Crippen LogP contribution in [0.1, 0.15) is 11.3 Å². The van der Waals surface area contributed by atoms with E-state index in [0.29, 0.717) is 36.7 Å². The van der Waals surface area contributed by atoms with E-state index in [0.717, 1.165) is 17.0 Å². The number of nitrogens with one attached hydrogen (secondary N) is 1. The summed E-state index contributed by atoms with van der Waals surface area (Å²) in [5, 5.41) is 17.6. The summed E-state index contributed by atoms with van der Waals surface area (Å²) in [6.07, 6.45) is -2.35. The summed E-state index contributed by atoms with van der Waals surface area (Å²) in [4.78, 5) is 18.2. The third kappa shape index (κ3) is 4.73. The molecule has 32 heavy (non-hydrogen) atoms. The molecule has 1 aliphatic rings. The molecule has 1 fully saturated rings. The molecule has 0 aliphatic carbocycles. The van der Waals surface area contributed by atoms with Gasteiger partial charge >= 0.3 is 6.36 Å². The fourth-order valence-electron chi connectivity index (χ4n) is 3.56. The van der Waals surface area contributed by atoms with E-state index in [4.69, 9.17) is 0 Å². The maximum absolute atomic E-state index is 12.5. The molecule has 4 rings (SSSR count). The molecule has 0 radical (unpaired) electrons. The second kappa shape index (κ2) is 8.60. The topological polar surface area (TPSA) is 92.5 Å². The van der Waals surface area contributed by atoms with Gasteiger partial charge in [-0.1, -0.05) is 6.58 Å². The number of likely N-dealkylation sites (tertiary alicyclic amines) is 1. The van der Waals surface area contributed by atoms with E-state index in [1.807, 2.05) is 6.07 Å². The molecule has 1 aliphatic heterocycles. The largest absolute Gasteiger partial charge is 0.573 e. The lowest BCUT2D eigenvalue weighted by Crippen LogP contribution is -2.49. The Morgan fingerprint density at radius 1 is 1.28 bits per heavy atom. The van der Waals surface area contributed by atoms with Crippen molar-refractivity contribution in [1.82, 2.24) is 25.0 Å². The van der Waals surface area contributed by atoms with Gasteiger partial charge in [-0.3, -0.25) is 9.69 Å². The summed E-state index contributed by atoms with van der Waals surface area (Å²) < 4.78 is 42.8. The van der Waals surface area contributed by atoms with Gasteiger partial charge < -0.3 is 15.2 Å². The predicted octanol–water partition coefficient (Wildman–Crippen LogP) is 2.30. The number of pyridine rings is 1. The summed E-state index contributed by atoms with van der Waals surface area (Å²) in [5.74, 6) is -0.709. The predicted molar refractivity (Wildman–Crippen MR) is 109 cm³/mol. The SMILES string of the molecule is C=CC(=O)NCc1nn(-c2ccc(OC(F)(F)F)cc2)c2nccc(CN3CC(O)C3)c12. The first-order valence-electron chi connectivity index (χ1n) is 9.76. The monoisotopic (exact) mass is 447 g/mol. The molecular weight excluding hydrogens is 427 g/mol. The zero-order valence-electron chi connectivity index (χ0n) is 16.8. The van der Waals surface area contributed by atoms with Crippen molar-refractivity contribution in [2.45, 2.75) is 25.6 Å². The normalized spacial score (nSPS) is 14.9. The quantitative estimate of drug-likeness (QED) is 0.540. The molecule has 1 saturated heterocycles. The van der Waals surface area contributed by atoms with Crippen LogP contribution in [0.5, 0.6) is 5.75 Å². The van der Waals surface area contributed by atoms with E-state index >= 15 is 0 Å². The highest BCUT2D eigenvalue weighted by Crippen LogP contribution is 2.28. The summed E-state index contributed by atoms with van der Waals surface area (Å²) in [5.41, 5.74) is 2.44. The zero-order valence-corrected chi connectivity index (χ0v) is 16.8. The molecule has 11 heteroatoms. The van der Waals surface area contributed by atoms with Gasteiger partial charge in [-0.15, -0.1) is 13.2 Å². The number of alkyl halides is 3. The van der Waals surface area contributed by atoms with Gasteiger partial charge in [0.25, 0.3) is 0 Å². The minimum Gasteiger partial charge on any atom is -0.406 e. The smallest absolute Gasteiger partial charge is 0.406 e. The number of hydrogen-bond donors (Lipinski definition) is 2. The summed E-state index contributed by atoms with van der Waals surface area (Å²) >= 11 is 0. The first-order chi connectivity index (χ1) is 15.2. The Balaban J connectivity index is 1.72. The van der Waals surface area contributed by atoms with Gasteiger partial charge in [-0.25, -0.2) is 9.67 Å². The number of amides is 1. The average Bonchev–Trinajstić information content (AvgIpc) is 3.10. The van der Waals surface area contributed by atoms with Crippen LogP contribution in [0, 0.1) is 0 Å². The number of aliphatic hydroxyl groups excluding tert-OH is 1. The molecule has 2 N–H and O–H groups in total. The molecule has 0 spiro atoms. The molecule has 3 heterocycles. The number of benzene rings is 1. The number of fused-ring (bicyclic) bond motifs is 1. The summed E-state index contributed by atoms with van der Waals surface area (Å²) in [6.45, 7) is 5.22. The van der Waals surface area contributed by atoms with Crippen LogP contribution in [-0.4, -0.2) is 56.2 Å². The average molecular weight is 447 g/mol. The number of aliphatic hydroxyl groups is 1. The Hall–Kier alpha value is -3.44. The number of carbonyl (C=O) groups is 1. The molecule has 8 nitrogen and oxygen atoms in total. The Bertz CT molecular complexity index is 1140. The third-order valence-electron chi connectivity index (χ3n) is 4.99. The van der Waals surface area contributed by atoms with E-state index in [1.165, 1.54) is 28.9 Å². The highest BCUT2D eigenvalue weighted by atomic mass is 19.4. The van der Waals surface area contributed by atoms with Crippen LogP contribution < -0.4 is 10.1 Å². The minimum absolute atomic E-state index is 0.116. The molecule has 168 valence electrons. The maximum Gasteiger partial charge on any atom is 0.573 e. The molecule has 0 atom stereocenters. The van der Waals surface area contributed by atoms with Crippen molar-refractivity contribution in [2.75, 3.05) is 13.1 Å². The van der Waals surface area contributed by atoms with Gasteiger partial charge in [0, 0.05) is 31.2 Å². The second-order valence-corrected chi connectivity index (χ2v) is 7.34. The van der Waals surface area contributed by atoms with Crippen LogP contribution >= 0.6 is 0 Å². The number of hydrogen-bond acceptors (Lipinski definition) is 6. The van der Waals surface area contributed by atoms with Crippen molar-refractivity contribution in [2.24, 2.45) is 0 Å². The van der Waals surface area contributed by atoms with Gasteiger partial charge in [0.1, 0.15) is 5.75 Å². The minimum atomic E-state index is -4.78. The molecular formula is C21H20F3N5O3. The fraction of sp³-hybridized carbons (Fsp3) is 0.286. The number of rotatable bonds is 7. The number of aromatic nitrogens is 3. The van der Waals surface area contributed by atoms with Gasteiger partial charge in [-0.05, 0) is 42.0 Å². The van der Waals surface area contributed by atoms with Crippen LogP contribution in [0.15, 0.2) is 49.2 Å². The molecule has 0 bridgehead atoms. The van der Waals surface area contributed by atoms with Crippen molar-refractivity contribution < 1.29 is 27.8 Å². The molecule has 3 aromatic rings.